The molecular formula is C21H23AsN3O3. The van der Waals surface area contributed by atoms with Gasteiger partial charge in [0.25, 0.3) is 0 Å². The normalized spacial score (nSPS) is 16.1. The Morgan fingerprint density at radius 2 is 2.07 bits per heavy atom. The van der Waals surface area contributed by atoms with E-state index in [1.54, 1.807) is 26.4 Å². The minimum absolute atomic E-state index is 0.134. The molecule has 2 N–H and O–H groups in total. The Morgan fingerprint density at radius 1 is 1.25 bits per heavy atom. The van der Waals surface area contributed by atoms with Crippen molar-refractivity contribution < 1.29 is 14.3 Å². The van der Waals surface area contributed by atoms with Crippen molar-refractivity contribution in [1.82, 2.24) is 10.6 Å². The molecule has 6 nitrogen and oxygen atoms in total. The number of methoxy groups -OCH3 is 2. The summed E-state index contributed by atoms with van der Waals surface area (Å²) in [5.41, 5.74) is 2.04. The molecule has 0 saturated carbocycles. The predicted molar refractivity (Wildman–Crippen MR) is 108 cm³/mol. The first-order valence-electron chi connectivity index (χ1n) is 9.09. The third-order valence-electron chi connectivity index (χ3n) is 4.63. The summed E-state index contributed by atoms with van der Waals surface area (Å²) in [5, 5.41) is 15.6. The van der Waals surface area contributed by atoms with E-state index in [0.717, 1.165) is 29.4 Å². The Kier molecular flexibility index (Phi) is 6.97. The standard InChI is InChI=1S/C21H23AsN3O3/c1-27-19-6-4-15(10-20(19)28-2)12-25-21(26)17-9-14(11-23)3-5-18(17)22-16-7-8-24-13-16/h3-6,9-10,16,24H,7-8,12-13H2,1-2H3,(H,25,26)/t16-/m0/s1. The van der Waals surface area contributed by atoms with Gasteiger partial charge >= 0.3 is 172 Å². The number of rotatable bonds is 7. The molecule has 2 aromatic rings. The van der Waals surface area contributed by atoms with Gasteiger partial charge in [0, 0.05) is 0 Å². The molecule has 28 heavy (non-hydrogen) atoms. The summed E-state index contributed by atoms with van der Waals surface area (Å²) in [5.74, 6) is 1.12. The Balaban J connectivity index is 1.75. The van der Waals surface area contributed by atoms with Crippen molar-refractivity contribution in [1.29, 1.82) is 5.26 Å². The van der Waals surface area contributed by atoms with Gasteiger partial charge in [0.1, 0.15) is 0 Å². The number of ether oxygens (including phenoxy) is 2. The number of benzene rings is 2. The van der Waals surface area contributed by atoms with Crippen molar-refractivity contribution in [2.24, 2.45) is 0 Å². The topological polar surface area (TPSA) is 83.4 Å². The number of nitrogens with zero attached hydrogens (tertiary/aromatic N) is 1. The van der Waals surface area contributed by atoms with Crippen LogP contribution in [0.2, 0.25) is 4.71 Å². The zero-order valence-corrected chi connectivity index (χ0v) is 17.9. The summed E-state index contributed by atoms with van der Waals surface area (Å²) in [4.78, 5) is 12.9. The number of carbonyl (C=O) groups excluding carboxylic acids is 1. The second-order valence-electron chi connectivity index (χ2n) is 6.49. The van der Waals surface area contributed by atoms with Gasteiger partial charge in [0.05, 0.1) is 0 Å². The molecule has 3 rings (SSSR count). The Hall–Kier alpha value is -2.48. The van der Waals surface area contributed by atoms with Crippen LogP contribution in [0.5, 0.6) is 11.5 Å². The Bertz CT molecular complexity index is 889. The van der Waals surface area contributed by atoms with Crippen LogP contribution in [0.1, 0.15) is 27.9 Å². The molecule has 1 radical (unpaired) electrons. The number of nitriles is 1. The van der Waals surface area contributed by atoms with E-state index >= 15 is 0 Å². The van der Waals surface area contributed by atoms with Gasteiger partial charge < -0.3 is 0 Å². The molecule has 2 aromatic carbocycles. The Labute approximate surface area is 171 Å². The predicted octanol–water partition coefficient (Wildman–Crippen LogP) is 1.62. The number of carbonyl (C=O) groups is 1. The SMILES string of the molecule is COc1ccc(CNC(=O)c2cc(C#N)ccc2[As][C@H]2CCNC2)cc1OC. The van der Waals surface area contributed by atoms with Gasteiger partial charge in [-0.2, -0.15) is 0 Å². The Morgan fingerprint density at radius 3 is 2.75 bits per heavy atom. The van der Waals surface area contributed by atoms with Crippen LogP contribution in [0.25, 0.3) is 0 Å². The zero-order valence-electron chi connectivity index (χ0n) is 16.0. The average Bonchev–Trinajstić information content (AvgIpc) is 3.25. The van der Waals surface area contributed by atoms with Crippen molar-refractivity contribution in [3.05, 3.63) is 53.1 Å². The van der Waals surface area contributed by atoms with Gasteiger partial charge in [-0.05, 0) is 0 Å². The molecule has 1 heterocycles. The third-order valence-corrected chi connectivity index (χ3v) is 7.72. The number of hydrogen-bond donors (Lipinski definition) is 2. The van der Waals surface area contributed by atoms with Crippen LogP contribution in [0.15, 0.2) is 36.4 Å². The molecule has 145 valence electrons. The van der Waals surface area contributed by atoms with Crippen LogP contribution < -0.4 is 24.5 Å². The molecule has 1 fully saturated rings. The van der Waals surface area contributed by atoms with Crippen molar-refractivity contribution in [3.63, 3.8) is 0 Å². The van der Waals surface area contributed by atoms with Gasteiger partial charge in [-0.15, -0.1) is 0 Å². The summed E-state index contributed by atoms with van der Waals surface area (Å²) in [6.45, 7) is 2.42. The first kappa shape index (κ1) is 20.3. The van der Waals surface area contributed by atoms with E-state index in [2.05, 4.69) is 16.7 Å². The zero-order chi connectivity index (χ0) is 19.9. The molecule has 1 saturated heterocycles. The van der Waals surface area contributed by atoms with E-state index in [1.165, 1.54) is 0 Å². The van der Waals surface area contributed by atoms with Gasteiger partial charge in [0.15, 0.2) is 0 Å². The van der Waals surface area contributed by atoms with E-state index in [1.807, 2.05) is 24.3 Å². The van der Waals surface area contributed by atoms with E-state index in [9.17, 15) is 10.1 Å². The van der Waals surface area contributed by atoms with Crippen LogP contribution in [0.3, 0.4) is 0 Å². The van der Waals surface area contributed by atoms with Crippen LogP contribution in [-0.4, -0.2) is 49.0 Å². The molecule has 7 heteroatoms. The summed E-state index contributed by atoms with van der Waals surface area (Å²) < 4.78 is 12.3. The molecule has 0 bridgehead atoms. The fourth-order valence-corrected chi connectivity index (χ4v) is 5.92. The summed E-state index contributed by atoms with van der Waals surface area (Å²) >= 11 is -0.134. The van der Waals surface area contributed by atoms with Crippen LogP contribution in [-0.2, 0) is 6.54 Å². The van der Waals surface area contributed by atoms with Crippen molar-refractivity contribution in [2.75, 3.05) is 27.3 Å². The summed E-state index contributed by atoms with van der Waals surface area (Å²) in [7, 11) is 3.17. The average molecular weight is 440 g/mol. The van der Waals surface area contributed by atoms with Gasteiger partial charge in [-0.25, -0.2) is 0 Å². The fourth-order valence-electron chi connectivity index (χ4n) is 3.11. The molecule has 0 unspecified atom stereocenters. The third kappa shape index (κ3) is 4.86. The molecule has 1 atom stereocenters. The fraction of sp³-hybridized carbons (Fsp3) is 0.333. The van der Waals surface area contributed by atoms with Gasteiger partial charge in [-0.3, -0.25) is 0 Å². The van der Waals surface area contributed by atoms with E-state index < -0.39 is 0 Å². The molecule has 0 aliphatic carbocycles. The van der Waals surface area contributed by atoms with Crippen molar-refractivity contribution >= 4 is 26.0 Å². The number of nitrogens with one attached hydrogen (secondary N) is 2. The molecule has 1 aliphatic rings. The summed E-state index contributed by atoms with van der Waals surface area (Å²) in [6.07, 6.45) is 1.15. The van der Waals surface area contributed by atoms with Crippen molar-refractivity contribution in [3.8, 4) is 17.6 Å². The maximum absolute atomic E-state index is 12.9. The van der Waals surface area contributed by atoms with E-state index in [4.69, 9.17) is 9.47 Å². The number of hydrogen-bond acceptors (Lipinski definition) is 5. The van der Waals surface area contributed by atoms with Gasteiger partial charge in [0.2, 0.25) is 0 Å². The molecule has 0 aromatic heterocycles. The van der Waals surface area contributed by atoms with Crippen LogP contribution in [0.4, 0.5) is 0 Å². The second kappa shape index (κ2) is 9.63. The first-order valence-corrected chi connectivity index (χ1v) is 11.1. The maximum atomic E-state index is 12.9. The summed E-state index contributed by atoms with van der Waals surface area (Å²) in [6, 6.07) is 13.2. The number of amides is 1. The monoisotopic (exact) mass is 440 g/mol. The quantitative estimate of drug-likeness (QED) is 0.640. The van der Waals surface area contributed by atoms with Crippen molar-refractivity contribution in [2.45, 2.75) is 17.7 Å². The van der Waals surface area contributed by atoms with E-state index in [0.29, 0.717) is 33.9 Å². The molecule has 1 amide bonds. The van der Waals surface area contributed by atoms with Gasteiger partial charge in [-0.1, -0.05) is 0 Å². The molecular weight excluding hydrogens is 417 g/mol. The molecule has 0 spiro atoms. The first-order chi connectivity index (χ1) is 13.6. The van der Waals surface area contributed by atoms with Crippen LogP contribution >= 0.6 is 0 Å². The second-order valence-corrected chi connectivity index (χ2v) is 9.58. The van der Waals surface area contributed by atoms with E-state index in [-0.39, 0.29) is 21.7 Å². The molecule has 1 aliphatic heterocycles. The minimum atomic E-state index is -0.150. The van der Waals surface area contributed by atoms with Crippen LogP contribution in [0, 0.1) is 11.3 Å².